The molecule has 0 aliphatic carbocycles. The largest absolute Gasteiger partial charge is 0.465 e. The fraction of sp³-hybridized carbons (Fsp3) is 0.429. The molecule has 1 aromatic carbocycles. The van der Waals surface area contributed by atoms with Crippen LogP contribution in [0.5, 0.6) is 0 Å². The van der Waals surface area contributed by atoms with Crippen molar-refractivity contribution in [2.45, 2.75) is 31.9 Å². The van der Waals surface area contributed by atoms with Crippen molar-refractivity contribution < 1.29 is 40.6 Å². The van der Waals surface area contributed by atoms with Gasteiger partial charge in [0.2, 0.25) is 0 Å². The monoisotopic (exact) mass is 479 g/mol. The molecular formula is C21H20F7N3O2. The number of pyridine rings is 1. The lowest BCUT2D eigenvalue weighted by atomic mass is 9.93. The molecule has 1 fully saturated rings. The number of aromatic nitrogens is 1. The molecule has 1 atom stereocenters. The number of carboxylic acid groups (broad SMARTS) is 1. The van der Waals surface area contributed by atoms with Crippen molar-refractivity contribution in [3.8, 4) is 11.3 Å². The summed E-state index contributed by atoms with van der Waals surface area (Å²) in [7, 11) is 0. The predicted octanol–water partition coefficient (Wildman–Crippen LogP) is 5.10. The highest BCUT2D eigenvalue weighted by atomic mass is 19.4. The van der Waals surface area contributed by atoms with Crippen LogP contribution < -0.4 is 0 Å². The third-order valence-electron chi connectivity index (χ3n) is 5.50. The van der Waals surface area contributed by atoms with Crippen molar-refractivity contribution >= 4 is 6.09 Å². The van der Waals surface area contributed by atoms with Crippen LogP contribution >= 0.6 is 0 Å². The van der Waals surface area contributed by atoms with E-state index in [1.54, 1.807) is 25.1 Å². The van der Waals surface area contributed by atoms with Crippen molar-refractivity contribution in [3.63, 3.8) is 0 Å². The first kappa shape index (κ1) is 24.7. The first-order valence-corrected chi connectivity index (χ1v) is 9.85. The summed E-state index contributed by atoms with van der Waals surface area (Å²) >= 11 is 0. The number of amides is 1. The Labute approximate surface area is 184 Å². The highest BCUT2D eigenvalue weighted by Crippen LogP contribution is 2.44. The summed E-state index contributed by atoms with van der Waals surface area (Å²) in [5, 5.41) is 9.10. The van der Waals surface area contributed by atoms with Gasteiger partial charge in [-0.3, -0.25) is 9.88 Å². The molecule has 0 saturated carbocycles. The van der Waals surface area contributed by atoms with Crippen molar-refractivity contribution in [1.82, 2.24) is 14.8 Å². The summed E-state index contributed by atoms with van der Waals surface area (Å²) in [5.41, 5.74) is 1.43. The second kappa shape index (κ2) is 9.16. The van der Waals surface area contributed by atoms with Crippen molar-refractivity contribution in [2.75, 3.05) is 19.6 Å². The molecule has 2 heterocycles. The third kappa shape index (κ3) is 5.73. The Morgan fingerprint density at radius 2 is 1.79 bits per heavy atom. The van der Waals surface area contributed by atoms with Crippen LogP contribution in [0, 0.1) is 18.7 Å². The fourth-order valence-electron chi connectivity index (χ4n) is 3.91. The van der Waals surface area contributed by atoms with Gasteiger partial charge in [0.05, 0.1) is 5.69 Å². The maximum Gasteiger partial charge on any atom is 0.407 e. The van der Waals surface area contributed by atoms with Gasteiger partial charge in [-0.05, 0) is 25.1 Å². The highest BCUT2D eigenvalue weighted by molar-refractivity contribution is 5.65. The standard InChI is InChI=1S/C21H20F7N3O2/c1-12-3-2-4-16(29-12)13-5-6-14(15(22)9-13)10-30-7-8-31(19(32)33)11-17(30)18(20(23,24)25)21(26,27)28/h2-6,9,17-18H,7-8,10-11H2,1H3,(H,32,33). The topological polar surface area (TPSA) is 56.7 Å². The van der Waals surface area contributed by atoms with Crippen molar-refractivity contribution in [2.24, 2.45) is 5.92 Å². The van der Waals surface area contributed by atoms with Crippen LogP contribution in [0.3, 0.4) is 0 Å². The minimum atomic E-state index is -5.66. The minimum Gasteiger partial charge on any atom is -0.465 e. The van der Waals surface area contributed by atoms with Gasteiger partial charge >= 0.3 is 18.4 Å². The lowest BCUT2D eigenvalue weighted by molar-refractivity contribution is -0.302. The SMILES string of the molecule is Cc1cccc(-c2ccc(CN3CCN(C(=O)O)CC3C(C(F)(F)F)C(F)(F)F)c(F)c2)n1. The smallest absolute Gasteiger partial charge is 0.407 e. The van der Waals surface area contributed by atoms with E-state index in [0.29, 0.717) is 21.9 Å². The molecule has 1 aromatic heterocycles. The van der Waals surface area contributed by atoms with Gasteiger partial charge < -0.3 is 10.0 Å². The Hall–Kier alpha value is -2.89. The molecule has 1 unspecified atom stereocenters. The number of halogens is 7. The zero-order chi connectivity index (χ0) is 24.6. The van der Waals surface area contributed by atoms with E-state index in [9.17, 15) is 35.5 Å². The van der Waals surface area contributed by atoms with E-state index in [-0.39, 0.29) is 12.1 Å². The molecule has 1 saturated heterocycles. The quantitative estimate of drug-likeness (QED) is 0.620. The van der Waals surface area contributed by atoms with E-state index in [2.05, 4.69) is 4.98 Å². The molecule has 0 radical (unpaired) electrons. The van der Waals surface area contributed by atoms with Crippen LogP contribution in [0.25, 0.3) is 11.3 Å². The first-order chi connectivity index (χ1) is 15.3. The molecule has 33 heavy (non-hydrogen) atoms. The molecular weight excluding hydrogens is 459 g/mol. The van der Waals surface area contributed by atoms with Crippen LogP contribution in [-0.2, 0) is 6.54 Å². The summed E-state index contributed by atoms with van der Waals surface area (Å²) in [4.78, 5) is 16.8. The summed E-state index contributed by atoms with van der Waals surface area (Å²) in [6.07, 6.45) is -13.0. The van der Waals surface area contributed by atoms with E-state index >= 15 is 0 Å². The van der Waals surface area contributed by atoms with E-state index in [1.807, 2.05) is 0 Å². The number of nitrogens with zero attached hydrogens (tertiary/aromatic N) is 3. The zero-order valence-corrected chi connectivity index (χ0v) is 17.3. The average Bonchev–Trinajstić information content (AvgIpc) is 2.68. The van der Waals surface area contributed by atoms with Gasteiger partial charge in [0.25, 0.3) is 0 Å². The molecule has 0 bridgehead atoms. The average molecular weight is 479 g/mol. The van der Waals surface area contributed by atoms with Gasteiger partial charge in [-0.1, -0.05) is 18.2 Å². The lowest BCUT2D eigenvalue weighted by Crippen LogP contribution is -2.62. The Balaban J connectivity index is 1.92. The number of hydrogen-bond donors (Lipinski definition) is 1. The first-order valence-electron chi connectivity index (χ1n) is 9.85. The normalized spacial score (nSPS) is 18.1. The number of hydrogen-bond acceptors (Lipinski definition) is 3. The number of piperazine rings is 1. The van der Waals surface area contributed by atoms with Crippen LogP contribution in [0.15, 0.2) is 36.4 Å². The molecule has 180 valence electrons. The second-order valence-electron chi connectivity index (χ2n) is 7.80. The number of alkyl halides is 6. The van der Waals surface area contributed by atoms with Crippen molar-refractivity contribution in [3.05, 3.63) is 53.5 Å². The number of carbonyl (C=O) groups is 1. The Morgan fingerprint density at radius 3 is 2.33 bits per heavy atom. The third-order valence-corrected chi connectivity index (χ3v) is 5.50. The van der Waals surface area contributed by atoms with Crippen LogP contribution in [0.2, 0.25) is 0 Å². The summed E-state index contributed by atoms with van der Waals surface area (Å²) in [6, 6.07) is 6.71. The van der Waals surface area contributed by atoms with Crippen molar-refractivity contribution in [1.29, 1.82) is 0 Å². The van der Waals surface area contributed by atoms with E-state index in [4.69, 9.17) is 5.11 Å². The fourth-order valence-corrected chi connectivity index (χ4v) is 3.91. The summed E-state index contributed by atoms with van der Waals surface area (Å²) in [6.45, 7) is -0.537. The molecule has 1 N–H and O–H groups in total. The highest BCUT2D eigenvalue weighted by Gasteiger charge is 2.62. The minimum absolute atomic E-state index is 0.108. The Morgan fingerprint density at radius 1 is 1.12 bits per heavy atom. The molecule has 5 nitrogen and oxygen atoms in total. The second-order valence-corrected chi connectivity index (χ2v) is 7.80. The maximum atomic E-state index is 14.8. The van der Waals surface area contributed by atoms with Gasteiger partial charge in [0.15, 0.2) is 5.92 Å². The molecule has 1 aliphatic heterocycles. The number of aryl methyl sites for hydroxylation is 1. The zero-order valence-electron chi connectivity index (χ0n) is 17.3. The van der Waals surface area contributed by atoms with Crippen LogP contribution in [0.1, 0.15) is 11.3 Å². The van der Waals surface area contributed by atoms with E-state index < -0.39 is 55.9 Å². The summed E-state index contributed by atoms with van der Waals surface area (Å²) in [5.74, 6) is -4.60. The molecule has 12 heteroatoms. The number of rotatable bonds is 4. The predicted molar refractivity (Wildman–Crippen MR) is 104 cm³/mol. The van der Waals surface area contributed by atoms with Crippen LogP contribution in [0.4, 0.5) is 35.5 Å². The maximum absolute atomic E-state index is 14.8. The lowest BCUT2D eigenvalue weighted by Gasteiger charge is -2.44. The summed E-state index contributed by atoms with van der Waals surface area (Å²) < 4.78 is 95.2. The van der Waals surface area contributed by atoms with Gasteiger partial charge in [-0.25, -0.2) is 9.18 Å². The van der Waals surface area contributed by atoms with Gasteiger partial charge in [0, 0.05) is 49.0 Å². The van der Waals surface area contributed by atoms with Gasteiger partial charge in [-0.15, -0.1) is 0 Å². The molecule has 1 amide bonds. The van der Waals surface area contributed by atoms with Gasteiger partial charge in [-0.2, -0.15) is 26.3 Å². The van der Waals surface area contributed by atoms with E-state index in [1.165, 1.54) is 12.1 Å². The van der Waals surface area contributed by atoms with Crippen LogP contribution in [-0.4, -0.2) is 64.0 Å². The Kier molecular flexibility index (Phi) is 6.87. The molecule has 0 spiro atoms. The molecule has 1 aliphatic rings. The van der Waals surface area contributed by atoms with E-state index in [0.717, 1.165) is 11.0 Å². The van der Waals surface area contributed by atoms with Gasteiger partial charge in [0.1, 0.15) is 5.82 Å². The molecule has 3 rings (SSSR count). The number of benzene rings is 1. The Bertz CT molecular complexity index is 996. The molecule has 2 aromatic rings.